The molecule has 1 aromatic heterocycles. The van der Waals surface area contributed by atoms with E-state index in [0.717, 1.165) is 37.1 Å². The fourth-order valence-electron chi connectivity index (χ4n) is 1.94. The molecule has 0 aliphatic carbocycles. The van der Waals surface area contributed by atoms with Crippen molar-refractivity contribution in [2.45, 2.75) is 6.54 Å². The molecule has 0 aromatic carbocycles. The van der Waals surface area contributed by atoms with Crippen LogP contribution in [0.1, 0.15) is 4.88 Å². The van der Waals surface area contributed by atoms with E-state index in [1.165, 1.54) is 4.88 Å². The maximum Gasteiger partial charge on any atom is 0.236 e. The molecule has 2 rings (SSSR count). The Balaban J connectivity index is 1.81. The fraction of sp³-hybridized carbons (Fsp3) is 0.545. The number of nitrogens with two attached hydrogens (primary N) is 1. The second-order valence-electron chi connectivity index (χ2n) is 4.07. The Morgan fingerprint density at radius 3 is 2.59 bits per heavy atom. The molecule has 0 bridgehead atoms. The van der Waals surface area contributed by atoms with E-state index in [9.17, 15) is 4.79 Å². The van der Waals surface area contributed by atoms with Crippen LogP contribution in [-0.4, -0.2) is 48.4 Å². The van der Waals surface area contributed by atoms with Gasteiger partial charge in [0.2, 0.25) is 5.91 Å². The molecule has 0 spiro atoms. The molecule has 2 N–H and O–H groups in total. The van der Waals surface area contributed by atoms with Crippen LogP contribution in [0.3, 0.4) is 0 Å². The Morgan fingerprint density at radius 2 is 2.06 bits per heavy atom. The molecule has 0 atom stereocenters. The topological polar surface area (TPSA) is 49.6 Å². The van der Waals surface area contributed by atoms with Gasteiger partial charge in [0.05, 0.1) is 10.9 Å². The SMILES string of the molecule is NCC(=O)N1CCN(Cc2ccc(Cl)s2)CC1. The maximum atomic E-state index is 11.4. The second kappa shape index (κ2) is 5.82. The molecule has 1 aromatic rings. The van der Waals surface area contributed by atoms with Crippen molar-refractivity contribution in [1.29, 1.82) is 0 Å². The molecule has 0 radical (unpaired) electrons. The van der Waals surface area contributed by atoms with Crippen LogP contribution in [0.4, 0.5) is 0 Å². The number of hydrogen-bond donors (Lipinski definition) is 1. The summed E-state index contributed by atoms with van der Waals surface area (Å²) in [7, 11) is 0. The summed E-state index contributed by atoms with van der Waals surface area (Å²) in [4.78, 5) is 16.8. The molecule has 17 heavy (non-hydrogen) atoms. The molecule has 1 amide bonds. The first kappa shape index (κ1) is 12.8. The van der Waals surface area contributed by atoms with E-state index in [1.807, 2.05) is 11.0 Å². The molecule has 1 saturated heterocycles. The zero-order valence-electron chi connectivity index (χ0n) is 9.56. The van der Waals surface area contributed by atoms with E-state index in [4.69, 9.17) is 17.3 Å². The van der Waals surface area contributed by atoms with Crippen LogP contribution in [0.25, 0.3) is 0 Å². The first-order valence-electron chi connectivity index (χ1n) is 5.63. The van der Waals surface area contributed by atoms with Crippen molar-refractivity contribution >= 4 is 28.8 Å². The molecule has 2 heterocycles. The summed E-state index contributed by atoms with van der Waals surface area (Å²) in [5.41, 5.74) is 5.35. The summed E-state index contributed by atoms with van der Waals surface area (Å²) >= 11 is 7.51. The monoisotopic (exact) mass is 273 g/mol. The number of amides is 1. The zero-order valence-corrected chi connectivity index (χ0v) is 11.1. The average Bonchev–Trinajstić information content (AvgIpc) is 2.75. The highest BCUT2D eigenvalue weighted by molar-refractivity contribution is 7.16. The predicted octanol–water partition coefficient (Wildman–Crippen LogP) is 1.00. The number of rotatable bonds is 3. The standard InChI is InChI=1S/C11H16ClN3OS/c12-10-2-1-9(17-10)8-14-3-5-15(6-4-14)11(16)7-13/h1-2H,3-8,13H2. The summed E-state index contributed by atoms with van der Waals surface area (Å²) in [5.74, 6) is 0.0452. The summed E-state index contributed by atoms with van der Waals surface area (Å²) in [6, 6.07) is 3.99. The van der Waals surface area contributed by atoms with Crippen molar-refractivity contribution in [3.8, 4) is 0 Å². The van der Waals surface area contributed by atoms with Crippen molar-refractivity contribution < 1.29 is 4.79 Å². The highest BCUT2D eigenvalue weighted by atomic mass is 35.5. The van der Waals surface area contributed by atoms with Gasteiger partial charge in [0.1, 0.15) is 0 Å². The van der Waals surface area contributed by atoms with Crippen LogP contribution >= 0.6 is 22.9 Å². The van der Waals surface area contributed by atoms with Gasteiger partial charge < -0.3 is 10.6 Å². The fourth-order valence-corrected chi connectivity index (χ4v) is 3.07. The van der Waals surface area contributed by atoms with Gasteiger partial charge in [-0.2, -0.15) is 0 Å². The van der Waals surface area contributed by atoms with E-state index in [1.54, 1.807) is 11.3 Å². The molecule has 1 fully saturated rings. The van der Waals surface area contributed by atoms with Crippen molar-refractivity contribution in [3.05, 3.63) is 21.3 Å². The quantitative estimate of drug-likeness (QED) is 0.894. The third-order valence-electron chi connectivity index (χ3n) is 2.91. The molecular weight excluding hydrogens is 258 g/mol. The van der Waals surface area contributed by atoms with Crippen LogP contribution in [0.15, 0.2) is 12.1 Å². The van der Waals surface area contributed by atoms with E-state index in [-0.39, 0.29) is 12.5 Å². The van der Waals surface area contributed by atoms with E-state index in [2.05, 4.69) is 11.0 Å². The molecule has 6 heteroatoms. The van der Waals surface area contributed by atoms with Gasteiger partial charge in [-0.1, -0.05) is 11.6 Å². The Kier molecular flexibility index (Phi) is 4.39. The lowest BCUT2D eigenvalue weighted by molar-refractivity contribution is -0.131. The Hall–Kier alpha value is -0.620. The number of nitrogens with zero attached hydrogens (tertiary/aromatic N) is 2. The number of thiophene rings is 1. The highest BCUT2D eigenvalue weighted by Gasteiger charge is 2.20. The minimum Gasteiger partial charge on any atom is -0.339 e. The minimum absolute atomic E-state index is 0.0452. The van der Waals surface area contributed by atoms with Crippen LogP contribution in [0.2, 0.25) is 4.34 Å². The molecule has 1 aliphatic heterocycles. The van der Waals surface area contributed by atoms with Gasteiger partial charge in [0.15, 0.2) is 0 Å². The molecule has 0 saturated carbocycles. The van der Waals surface area contributed by atoms with Crippen molar-refractivity contribution in [3.63, 3.8) is 0 Å². The van der Waals surface area contributed by atoms with Gasteiger partial charge in [0.25, 0.3) is 0 Å². The van der Waals surface area contributed by atoms with Crippen molar-refractivity contribution in [2.24, 2.45) is 5.73 Å². The average molecular weight is 274 g/mol. The van der Waals surface area contributed by atoms with Gasteiger partial charge in [0, 0.05) is 37.6 Å². The minimum atomic E-state index is 0.0452. The highest BCUT2D eigenvalue weighted by Crippen LogP contribution is 2.23. The molecule has 94 valence electrons. The lowest BCUT2D eigenvalue weighted by Gasteiger charge is -2.34. The number of halogens is 1. The van der Waals surface area contributed by atoms with Crippen LogP contribution < -0.4 is 5.73 Å². The Morgan fingerprint density at radius 1 is 1.35 bits per heavy atom. The van der Waals surface area contributed by atoms with Gasteiger partial charge in [-0.3, -0.25) is 9.69 Å². The van der Waals surface area contributed by atoms with Crippen LogP contribution in [0.5, 0.6) is 0 Å². The van der Waals surface area contributed by atoms with Crippen LogP contribution in [0, 0.1) is 0 Å². The first-order chi connectivity index (χ1) is 8.19. The number of carbonyl (C=O) groups is 1. The molecule has 4 nitrogen and oxygen atoms in total. The van der Waals surface area contributed by atoms with Gasteiger partial charge in [-0.15, -0.1) is 11.3 Å². The van der Waals surface area contributed by atoms with E-state index in [0.29, 0.717) is 0 Å². The van der Waals surface area contributed by atoms with Gasteiger partial charge in [-0.05, 0) is 12.1 Å². The second-order valence-corrected chi connectivity index (χ2v) is 5.87. The number of hydrogen-bond acceptors (Lipinski definition) is 4. The third kappa shape index (κ3) is 3.42. The molecule has 1 aliphatic rings. The summed E-state index contributed by atoms with van der Waals surface area (Å²) in [6.45, 7) is 4.38. The lowest BCUT2D eigenvalue weighted by atomic mass is 10.3. The normalized spacial score (nSPS) is 17.4. The van der Waals surface area contributed by atoms with E-state index < -0.39 is 0 Å². The van der Waals surface area contributed by atoms with Gasteiger partial charge >= 0.3 is 0 Å². The number of piperazine rings is 1. The Bertz CT molecular complexity index is 388. The summed E-state index contributed by atoms with van der Waals surface area (Å²) in [6.07, 6.45) is 0. The Labute approximate surface area is 110 Å². The molecule has 0 unspecified atom stereocenters. The third-order valence-corrected chi connectivity index (χ3v) is 4.12. The zero-order chi connectivity index (χ0) is 12.3. The van der Waals surface area contributed by atoms with Crippen LogP contribution in [-0.2, 0) is 11.3 Å². The summed E-state index contributed by atoms with van der Waals surface area (Å²) in [5, 5.41) is 0. The maximum absolute atomic E-state index is 11.4. The smallest absolute Gasteiger partial charge is 0.236 e. The van der Waals surface area contributed by atoms with Gasteiger partial charge in [-0.25, -0.2) is 0 Å². The van der Waals surface area contributed by atoms with Crippen molar-refractivity contribution in [1.82, 2.24) is 9.80 Å². The van der Waals surface area contributed by atoms with Crippen molar-refractivity contribution in [2.75, 3.05) is 32.7 Å². The predicted molar refractivity (Wildman–Crippen MR) is 70.2 cm³/mol. The first-order valence-corrected chi connectivity index (χ1v) is 6.83. The summed E-state index contributed by atoms with van der Waals surface area (Å²) < 4.78 is 0.831. The largest absolute Gasteiger partial charge is 0.339 e. The lowest BCUT2D eigenvalue weighted by Crippen LogP contribution is -2.49. The number of carbonyl (C=O) groups excluding carboxylic acids is 1. The van der Waals surface area contributed by atoms with E-state index >= 15 is 0 Å². The molecular formula is C11H16ClN3OS.